The van der Waals surface area contributed by atoms with Crippen molar-refractivity contribution in [3.05, 3.63) is 59.9 Å². The molecule has 5 nitrogen and oxygen atoms in total. The average Bonchev–Trinajstić information content (AvgIpc) is 3.36. The summed E-state index contributed by atoms with van der Waals surface area (Å²) < 4.78 is 3.86. The molecule has 0 saturated carbocycles. The molecular weight excluding hydrogens is 396 g/mol. The molecule has 2 heterocycles. The van der Waals surface area contributed by atoms with E-state index in [0.717, 1.165) is 30.5 Å². The van der Waals surface area contributed by atoms with Crippen molar-refractivity contribution in [1.82, 2.24) is 19.6 Å². The van der Waals surface area contributed by atoms with Crippen LogP contribution in [0.1, 0.15) is 65.3 Å². The summed E-state index contributed by atoms with van der Waals surface area (Å²) in [7, 11) is 3.96. The highest BCUT2D eigenvalue weighted by atomic mass is 16.2. The second-order valence-corrected chi connectivity index (χ2v) is 7.11. The summed E-state index contributed by atoms with van der Waals surface area (Å²) >= 11 is 0. The number of aliphatic hydroxyl groups excluding tert-OH is 1. The SMILES string of the molecule is CC.CC.CCCCc1nn(C)c2ccccc12.Cn1nc(CCCO)c2ccccc21. The summed E-state index contributed by atoms with van der Waals surface area (Å²) in [6, 6.07) is 16.6. The number of benzene rings is 2. The van der Waals surface area contributed by atoms with Gasteiger partial charge in [-0.05, 0) is 37.8 Å². The van der Waals surface area contributed by atoms with E-state index in [4.69, 9.17) is 5.11 Å². The van der Waals surface area contributed by atoms with Crippen LogP contribution >= 0.6 is 0 Å². The minimum absolute atomic E-state index is 0.227. The first-order valence-corrected chi connectivity index (χ1v) is 12.1. The monoisotopic (exact) mass is 438 g/mol. The number of aliphatic hydroxyl groups is 1. The quantitative estimate of drug-likeness (QED) is 0.375. The Hall–Kier alpha value is -2.66. The molecule has 0 bridgehead atoms. The molecule has 0 fully saturated rings. The molecule has 0 radical (unpaired) electrons. The van der Waals surface area contributed by atoms with Crippen LogP contribution in [0.5, 0.6) is 0 Å². The summed E-state index contributed by atoms with van der Waals surface area (Å²) in [5.74, 6) is 0. The van der Waals surface area contributed by atoms with E-state index in [1.54, 1.807) is 0 Å². The first-order valence-electron chi connectivity index (χ1n) is 12.1. The number of aromatic nitrogens is 4. The summed E-state index contributed by atoms with van der Waals surface area (Å²) in [5, 5.41) is 20.3. The van der Waals surface area contributed by atoms with Gasteiger partial charge in [0.2, 0.25) is 0 Å². The number of rotatable bonds is 6. The Morgan fingerprint density at radius 2 is 1.09 bits per heavy atom. The van der Waals surface area contributed by atoms with Crippen molar-refractivity contribution in [1.29, 1.82) is 0 Å². The van der Waals surface area contributed by atoms with Gasteiger partial charge < -0.3 is 5.11 Å². The van der Waals surface area contributed by atoms with Gasteiger partial charge >= 0.3 is 0 Å². The van der Waals surface area contributed by atoms with E-state index >= 15 is 0 Å². The fraction of sp³-hybridized carbons (Fsp3) is 0.481. The largest absolute Gasteiger partial charge is 0.396 e. The van der Waals surface area contributed by atoms with E-state index in [2.05, 4.69) is 53.5 Å². The first-order chi connectivity index (χ1) is 15.7. The molecule has 0 saturated heterocycles. The number of fused-ring (bicyclic) bond motifs is 2. The molecule has 0 aliphatic heterocycles. The molecule has 1 N–H and O–H groups in total. The van der Waals surface area contributed by atoms with Crippen LogP contribution in [0.25, 0.3) is 21.8 Å². The molecule has 0 spiro atoms. The van der Waals surface area contributed by atoms with Gasteiger partial charge in [0.1, 0.15) is 0 Å². The van der Waals surface area contributed by atoms with Gasteiger partial charge in [0, 0.05) is 31.5 Å². The van der Waals surface area contributed by atoms with Crippen molar-refractivity contribution in [3.8, 4) is 0 Å². The molecule has 5 heteroatoms. The lowest BCUT2D eigenvalue weighted by molar-refractivity contribution is 0.288. The molecule has 4 rings (SSSR count). The molecule has 2 aromatic carbocycles. The molecular formula is C27H42N4O. The Morgan fingerprint density at radius 3 is 1.50 bits per heavy atom. The van der Waals surface area contributed by atoms with Gasteiger partial charge in [-0.25, -0.2) is 0 Å². The van der Waals surface area contributed by atoms with Crippen molar-refractivity contribution < 1.29 is 5.11 Å². The maximum absolute atomic E-state index is 8.77. The maximum atomic E-state index is 8.77. The molecule has 0 atom stereocenters. The highest BCUT2D eigenvalue weighted by molar-refractivity contribution is 5.82. The first kappa shape index (κ1) is 27.4. The number of nitrogens with zero attached hydrogens (tertiary/aromatic N) is 4. The molecule has 176 valence electrons. The van der Waals surface area contributed by atoms with E-state index in [1.807, 2.05) is 63.3 Å². The predicted octanol–water partition coefficient (Wildman–Crippen LogP) is 6.47. The predicted molar refractivity (Wildman–Crippen MR) is 138 cm³/mol. The number of hydrogen-bond acceptors (Lipinski definition) is 3. The second kappa shape index (κ2) is 15.2. The van der Waals surface area contributed by atoms with Gasteiger partial charge in [-0.15, -0.1) is 0 Å². The van der Waals surface area contributed by atoms with E-state index < -0.39 is 0 Å². The Kier molecular flexibility index (Phi) is 13.0. The lowest BCUT2D eigenvalue weighted by Gasteiger charge is -1.93. The van der Waals surface area contributed by atoms with Crippen LogP contribution in [0.2, 0.25) is 0 Å². The van der Waals surface area contributed by atoms with Crippen LogP contribution in [0.15, 0.2) is 48.5 Å². The molecule has 32 heavy (non-hydrogen) atoms. The fourth-order valence-corrected chi connectivity index (χ4v) is 3.54. The van der Waals surface area contributed by atoms with Crippen LogP contribution in [-0.4, -0.2) is 31.3 Å². The van der Waals surface area contributed by atoms with Gasteiger partial charge in [-0.3, -0.25) is 9.36 Å². The third-order valence-electron chi connectivity index (χ3n) is 5.01. The summed E-state index contributed by atoms with van der Waals surface area (Å²) in [4.78, 5) is 0. The summed E-state index contributed by atoms with van der Waals surface area (Å²) in [6.07, 6.45) is 5.17. The Morgan fingerprint density at radius 1 is 0.688 bits per heavy atom. The van der Waals surface area contributed by atoms with Crippen LogP contribution in [0, 0.1) is 0 Å². The van der Waals surface area contributed by atoms with Crippen LogP contribution < -0.4 is 0 Å². The van der Waals surface area contributed by atoms with Gasteiger partial charge in [0.05, 0.1) is 22.4 Å². The standard InChI is InChI=1S/C12H16N2.C11H14N2O.2C2H6/c1-3-4-8-11-10-7-5-6-9-12(10)14(2)13-11;1-13-11-7-3-2-5-9(11)10(12-13)6-4-8-14;2*1-2/h5-7,9H,3-4,8H2,1-2H3;2-3,5,7,14H,4,6,8H2,1H3;2*1-2H3. The minimum Gasteiger partial charge on any atom is -0.396 e. The molecule has 0 amide bonds. The van der Waals surface area contributed by atoms with Crippen molar-refractivity contribution in [2.75, 3.05) is 6.61 Å². The Labute approximate surface area is 194 Å². The number of aryl methyl sites for hydroxylation is 4. The van der Waals surface area contributed by atoms with E-state index in [-0.39, 0.29) is 6.61 Å². The molecule has 0 aliphatic carbocycles. The van der Waals surface area contributed by atoms with Crippen LogP contribution in [-0.2, 0) is 26.9 Å². The van der Waals surface area contributed by atoms with Crippen molar-refractivity contribution in [2.45, 2.75) is 66.7 Å². The van der Waals surface area contributed by atoms with Crippen molar-refractivity contribution >= 4 is 21.8 Å². The molecule has 0 unspecified atom stereocenters. The lowest BCUT2D eigenvalue weighted by atomic mass is 10.1. The van der Waals surface area contributed by atoms with Crippen molar-refractivity contribution in [3.63, 3.8) is 0 Å². The van der Waals surface area contributed by atoms with E-state index in [0.29, 0.717) is 0 Å². The highest BCUT2D eigenvalue weighted by Crippen LogP contribution is 2.19. The van der Waals surface area contributed by atoms with Gasteiger partial charge in [0.15, 0.2) is 0 Å². The third kappa shape index (κ3) is 7.20. The number of hydrogen-bond donors (Lipinski definition) is 1. The normalized spacial score (nSPS) is 10.0. The molecule has 0 aliphatic rings. The van der Waals surface area contributed by atoms with E-state index in [9.17, 15) is 0 Å². The molecule has 4 aromatic rings. The Balaban J connectivity index is 0.000000277. The fourth-order valence-electron chi connectivity index (χ4n) is 3.54. The minimum atomic E-state index is 0.227. The zero-order valence-electron chi connectivity index (χ0n) is 21.1. The topological polar surface area (TPSA) is 55.9 Å². The van der Waals surface area contributed by atoms with Gasteiger partial charge in [-0.2, -0.15) is 10.2 Å². The van der Waals surface area contributed by atoms with E-state index in [1.165, 1.54) is 34.8 Å². The zero-order valence-corrected chi connectivity index (χ0v) is 21.1. The second-order valence-electron chi connectivity index (χ2n) is 7.11. The maximum Gasteiger partial charge on any atom is 0.0704 e. The lowest BCUT2D eigenvalue weighted by Crippen LogP contribution is -1.93. The summed E-state index contributed by atoms with van der Waals surface area (Å²) in [5.41, 5.74) is 4.71. The van der Waals surface area contributed by atoms with Crippen LogP contribution in [0.4, 0.5) is 0 Å². The average molecular weight is 439 g/mol. The van der Waals surface area contributed by atoms with Crippen molar-refractivity contribution in [2.24, 2.45) is 14.1 Å². The third-order valence-corrected chi connectivity index (χ3v) is 5.01. The highest BCUT2D eigenvalue weighted by Gasteiger charge is 2.07. The molecule has 2 aromatic heterocycles. The van der Waals surface area contributed by atoms with Gasteiger partial charge in [0.25, 0.3) is 0 Å². The smallest absolute Gasteiger partial charge is 0.0704 e. The number of unbranched alkanes of at least 4 members (excludes halogenated alkanes) is 1. The zero-order chi connectivity index (χ0) is 23.9. The van der Waals surface area contributed by atoms with Gasteiger partial charge in [-0.1, -0.05) is 77.4 Å². The van der Waals surface area contributed by atoms with Crippen LogP contribution in [0.3, 0.4) is 0 Å². The Bertz CT molecular complexity index is 949. The summed E-state index contributed by atoms with van der Waals surface area (Å²) in [6.45, 7) is 10.4. The number of para-hydroxylation sites is 2.